The minimum atomic E-state index is -0.744. The number of halogens is 3. The lowest BCUT2D eigenvalue weighted by Gasteiger charge is -2.12. The maximum Gasteiger partial charge on any atom is 0.309 e. The van der Waals surface area contributed by atoms with Gasteiger partial charge in [0.1, 0.15) is 17.5 Å². The first-order chi connectivity index (χ1) is 12.3. The zero-order valence-electron chi connectivity index (χ0n) is 14.1. The third-order valence-corrected chi connectivity index (χ3v) is 3.59. The van der Waals surface area contributed by atoms with Crippen LogP contribution in [0.3, 0.4) is 0 Å². The molecule has 2 rings (SSSR count). The van der Waals surface area contributed by atoms with E-state index < -0.39 is 41.9 Å². The number of benzene rings is 2. The van der Waals surface area contributed by atoms with Gasteiger partial charge >= 0.3 is 5.97 Å². The molecule has 138 valence electrons. The summed E-state index contributed by atoms with van der Waals surface area (Å²) in [6, 6.07) is 8.79. The van der Waals surface area contributed by atoms with Crippen molar-refractivity contribution in [1.82, 2.24) is 5.32 Å². The molecule has 0 bridgehead atoms. The molecule has 1 unspecified atom stereocenters. The molecule has 0 saturated heterocycles. The molecule has 0 fully saturated rings. The average molecular weight is 365 g/mol. The van der Waals surface area contributed by atoms with Gasteiger partial charge in [0.15, 0.2) is 6.61 Å². The molecule has 26 heavy (non-hydrogen) atoms. The summed E-state index contributed by atoms with van der Waals surface area (Å²) in [5.74, 6) is -3.63. The number of nitrogens with one attached hydrogen (secondary N) is 1. The quantitative estimate of drug-likeness (QED) is 0.767. The lowest BCUT2D eigenvalue weighted by atomic mass is 10.0. The average Bonchev–Trinajstić information content (AvgIpc) is 2.57. The molecule has 0 aliphatic carbocycles. The van der Waals surface area contributed by atoms with E-state index in [0.29, 0.717) is 5.56 Å². The van der Waals surface area contributed by atoms with Gasteiger partial charge in [0, 0.05) is 12.6 Å². The van der Waals surface area contributed by atoms with E-state index in [1.807, 2.05) is 0 Å². The van der Waals surface area contributed by atoms with Crippen molar-refractivity contribution >= 4 is 11.9 Å². The Hall–Kier alpha value is -2.83. The van der Waals surface area contributed by atoms with Crippen LogP contribution in [0, 0.1) is 23.4 Å². The molecule has 0 aromatic heterocycles. The van der Waals surface area contributed by atoms with Crippen molar-refractivity contribution in [3.63, 3.8) is 0 Å². The normalized spacial score (nSPS) is 11.7. The van der Waals surface area contributed by atoms with Crippen molar-refractivity contribution < 1.29 is 27.5 Å². The second kappa shape index (κ2) is 9.03. The van der Waals surface area contributed by atoms with Crippen LogP contribution < -0.4 is 5.32 Å². The van der Waals surface area contributed by atoms with Crippen molar-refractivity contribution in [3.8, 4) is 0 Å². The summed E-state index contributed by atoms with van der Waals surface area (Å²) in [6.45, 7) is 1.01. The van der Waals surface area contributed by atoms with E-state index in [-0.39, 0.29) is 18.5 Å². The maximum atomic E-state index is 13.1. The molecule has 0 spiro atoms. The first kappa shape index (κ1) is 19.5. The first-order valence-electron chi connectivity index (χ1n) is 7.96. The Balaban J connectivity index is 1.76. The van der Waals surface area contributed by atoms with Gasteiger partial charge in [0.2, 0.25) is 0 Å². The number of ether oxygens (including phenoxy) is 1. The molecule has 0 heterocycles. The van der Waals surface area contributed by atoms with Crippen LogP contribution in [-0.2, 0) is 27.3 Å². The van der Waals surface area contributed by atoms with Crippen LogP contribution in [0.15, 0.2) is 42.5 Å². The number of rotatable bonds is 7. The van der Waals surface area contributed by atoms with Gasteiger partial charge < -0.3 is 10.1 Å². The van der Waals surface area contributed by atoms with Crippen LogP contribution in [0.1, 0.15) is 18.1 Å². The van der Waals surface area contributed by atoms with Crippen LogP contribution in [0.4, 0.5) is 13.2 Å². The lowest BCUT2D eigenvalue weighted by molar-refractivity contribution is -0.152. The van der Waals surface area contributed by atoms with Gasteiger partial charge in [0.25, 0.3) is 5.91 Å². The van der Waals surface area contributed by atoms with Crippen LogP contribution in [0.5, 0.6) is 0 Å². The summed E-state index contributed by atoms with van der Waals surface area (Å²) in [5.41, 5.74) is 0.897. The van der Waals surface area contributed by atoms with E-state index in [4.69, 9.17) is 4.74 Å². The predicted octanol–water partition coefficient (Wildman–Crippen LogP) is 3.14. The summed E-state index contributed by atoms with van der Waals surface area (Å²) in [4.78, 5) is 23.6. The summed E-state index contributed by atoms with van der Waals surface area (Å²) < 4.78 is 44.1. The number of esters is 1. The second-order valence-electron chi connectivity index (χ2n) is 5.90. The monoisotopic (exact) mass is 365 g/mol. The minimum Gasteiger partial charge on any atom is -0.455 e. The Morgan fingerprint density at radius 3 is 2.31 bits per heavy atom. The summed E-state index contributed by atoms with van der Waals surface area (Å²) in [7, 11) is 0. The molecule has 4 nitrogen and oxygen atoms in total. The van der Waals surface area contributed by atoms with Crippen molar-refractivity contribution in [3.05, 3.63) is 71.0 Å². The fourth-order valence-corrected chi connectivity index (χ4v) is 2.34. The molecule has 2 aromatic carbocycles. The molecule has 1 N–H and O–H groups in total. The van der Waals surface area contributed by atoms with Gasteiger partial charge in [-0.15, -0.1) is 0 Å². The minimum absolute atomic E-state index is 0.0933. The van der Waals surface area contributed by atoms with E-state index in [0.717, 1.165) is 18.2 Å². The predicted molar refractivity (Wildman–Crippen MR) is 88.4 cm³/mol. The van der Waals surface area contributed by atoms with Gasteiger partial charge in [-0.2, -0.15) is 0 Å². The Morgan fingerprint density at radius 1 is 1.00 bits per heavy atom. The number of hydrogen-bond donors (Lipinski definition) is 1. The fourth-order valence-electron chi connectivity index (χ4n) is 2.34. The summed E-state index contributed by atoms with van der Waals surface area (Å²) in [5, 5.41) is 2.41. The Bertz CT molecular complexity index is 775. The van der Waals surface area contributed by atoms with Crippen molar-refractivity contribution in [1.29, 1.82) is 0 Å². The first-order valence-corrected chi connectivity index (χ1v) is 7.96. The number of carbonyl (C=O) groups excluding carboxylic acids is 2. The molecule has 0 saturated carbocycles. The lowest BCUT2D eigenvalue weighted by Crippen LogP contribution is -2.30. The third kappa shape index (κ3) is 6.23. The van der Waals surface area contributed by atoms with E-state index in [9.17, 15) is 22.8 Å². The zero-order valence-corrected chi connectivity index (χ0v) is 14.1. The molecule has 0 radical (unpaired) electrons. The molecule has 0 aliphatic rings. The van der Waals surface area contributed by atoms with E-state index in [1.165, 1.54) is 12.1 Å². The van der Waals surface area contributed by atoms with E-state index in [1.54, 1.807) is 19.1 Å². The van der Waals surface area contributed by atoms with Gasteiger partial charge in [-0.1, -0.05) is 19.1 Å². The van der Waals surface area contributed by atoms with Crippen molar-refractivity contribution in [2.75, 3.05) is 6.61 Å². The SMILES string of the molecule is CC(Cc1cccc(F)c1)C(=O)OCC(=O)NCc1cc(F)cc(F)c1. The Labute approximate surface area is 149 Å². The molecule has 1 atom stereocenters. The smallest absolute Gasteiger partial charge is 0.309 e. The second-order valence-corrected chi connectivity index (χ2v) is 5.90. The highest BCUT2D eigenvalue weighted by Crippen LogP contribution is 2.12. The molecule has 7 heteroatoms. The number of carbonyl (C=O) groups is 2. The van der Waals surface area contributed by atoms with Gasteiger partial charge in [-0.25, -0.2) is 13.2 Å². The Kier molecular flexibility index (Phi) is 6.77. The van der Waals surface area contributed by atoms with Crippen molar-refractivity contribution in [2.24, 2.45) is 5.92 Å². The molecule has 0 aliphatic heterocycles. The Morgan fingerprint density at radius 2 is 1.65 bits per heavy atom. The number of amides is 1. The van der Waals surface area contributed by atoms with E-state index in [2.05, 4.69) is 5.32 Å². The molecular weight excluding hydrogens is 347 g/mol. The van der Waals surface area contributed by atoms with Gasteiger partial charge in [-0.05, 0) is 41.8 Å². The molecule has 1 amide bonds. The van der Waals surface area contributed by atoms with Crippen LogP contribution in [0.25, 0.3) is 0 Å². The summed E-state index contributed by atoms with van der Waals surface area (Å²) in [6.07, 6.45) is 0.279. The summed E-state index contributed by atoms with van der Waals surface area (Å²) >= 11 is 0. The molecule has 2 aromatic rings. The van der Waals surface area contributed by atoms with Crippen LogP contribution >= 0.6 is 0 Å². The highest BCUT2D eigenvalue weighted by Gasteiger charge is 2.17. The van der Waals surface area contributed by atoms with Crippen LogP contribution in [-0.4, -0.2) is 18.5 Å². The van der Waals surface area contributed by atoms with E-state index >= 15 is 0 Å². The van der Waals surface area contributed by atoms with Gasteiger partial charge in [0.05, 0.1) is 5.92 Å². The maximum absolute atomic E-state index is 13.1. The standard InChI is InChI=1S/C19H18F3NO3/c1-12(5-13-3-2-4-15(20)6-13)19(25)26-11-18(24)23-10-14-7-16(21)9-17(22)8-14/h2-4,6-9,12H,5,10-11H2,1H3,(H,23,24). The van der Waals surface area contributed by atoms with Crippen LogP contribution in [0.2, 0.25) is 0 Å². The largest absolute Gasteiger partial charge is 0.455 e. The third-order valence-electron chi connectivity index (χ3n) is 3.59. The number of hydrogen-bond acceptors (Lipinski definition) is 3. The zero-order chi connectivity index (χ0) is 19.1. The fraction of sp³-hybridized carbons (Fsp3) is 0.263. The highest BCUT2D eigenvalue weighted by molar-refractivity contribution is 5.81. The topological polar surface area (TPSA) is 55.4 Å². The highest BCUT2D eigenvalue weighted by atomic mass is 19.1. The van der Waals surface area contributed by atoms with Gasteiger partial charge in [-0.3, -0.25) is 9.59 Å². The molecular formula is C19H18F3NO3. The van der Waals surface area contributed by atoms with Crippen molar-refractivity contribution in [2.45, 2.75) is 19.9 Å².